The number of amides is 4. The number of aromatic nitrogens is 8. The summed E-state index contributed by atoms with van der Waals surface area (Å²) in [7, 11) is 0. The number of H-pyrrole nitrogens is 2. The number of aryl methyl sites for hydroxylation is 1. The fourth-order valence-electron chi connectivity index (χ4n) is 19.2. The lowest BCUT2D eigenvalue weighted by Crippen LogP contribution is -2.68. The Morgan fingerprint density at radius 3 is 1.22 bits per heavy atom. The molecule has 8 heterocycles. The van der Waals surface area contributed by atoms with Gasteiger partial charge >= 0.3 is 6.09 Å². The maximum Gasteiger partial charge on any atom is 0.407 e. The second-order valence-electron chi connectivity index (χ2n) is 36.3. The number of benzene rings is 5. The number of carbonyl (C=O) groups is 5. The average Bonchev–Trinajstić information content (AvgIpc) is 1.68. The van der Waals surface area contributed by atoms with E-state index in [0.29, 0.717) is 22.0 Å². The van der Waals surface area contributed by atoms with Crippen LogP contribution in [0.5, 0.6) is 0 Å². The SMILES string of the molecule is NC[C@H]1O[C@H](O[C@@H]2[C@@H](O)[C@H](O[C@H]3O[C@H](Cn4cc(CC(NC(=O)C(Cc5cn(C[C@H]6O[C@H](O[C@H]7[C@H](O)[C@@H](O[C@H]8O[C@H](CN)[C@@H](O)[C@H](O)[C@H]8O)[C@H](N)C[C@@H]7N)[C@H](O)[C@@H](N)[C@@H]6O)nn5)NC(=O)C(Cc5c[nH]c6ccccc56)NC(=O)OCC5c6ccccc6-c6ccccc65)C(=O)NC(Cc5c[nH]c6ccccc56)C(=O)CCc5ccccc5)nn4)[C@@H](O)[C@H](N)[C@H]3O)[C@@H](N)C[C@H]2N)[C@H](O)[C@@H](O)[C@@H]1O. The van der Waals surface area contributed by atoms with Gasteiger partial charge in [-0.15, -0.1) is 10.2 Å². The highest BCUT2D eigenvalue weighted by molar-refractivity contribution is 5.97. The first kappa shape index (κ1) is 99.7. The summed E-state index contributed by atoms with van der Waals surface area (Å²) in [5, 5.41) is 165. The van der Waals surface area contributed by atoms with Crippen molar-refractivity contribution in [1.29, 1.82) is 0 Å². The number of fused-ring (bicyclic) bond motifs is 5. The van der Waals surface area contributed by atoms with Crippen LogP contribution in [-0.2, 0) is 107 Å². The number of ketones is 1. The van der Waals surface area contributed by atoms with E-state index in [1.165, 1.54) is 21.8 Å². The van der Waals surface area contributed by atoms with Crippen molar-refractivity contribution in [3.63, 3.8) is 0 Å². The van der Waals surface area contributed by atoms with Gasteiger partial charge in [0.05, 0.1) is 54.8 Å². The van der Waals surface area contributed by atoms with Gasteiger partial charge in [-0.3, -0.25) is 19.2 Å². The van der Waals surface area contributed by atoms with E-state index >= 15 is 19.2 Å². The Morgan fingerprint density at radius 1 is 0.416 bits per heavy atom. The molecule has 2 saturated carbocycles. The van der Waals surface area contributed by atoms with Crippen LogP contribution in [0.25, 0.3) is 32.9 Å². The minimum absolute atomic E-state index is 0.0283. The third kappa shape index (κ3) is 22.0. The minimum Gasteiger partial charge on any atom is -0.449 e. The zero-order chi connectivity index (χ0) is 97.1. The Balaban J connectivity index is 0.696. The van der Waals surface area contributed by atoms with E-state index in [1.54, 1.807) is 24.5 Å². The van der Waals surface area contributed by atoms with E-state index in [0.717, 1.165) is 38.7 Å². The fourth-order valence-corrected chi connectivity index (χ4v) is 19.2. The van der Waals surface area contributed by atoms with Crippen LogP contribution in [0.4, 0.5) is 4.79 Å². The summed E-state index contributed by atoms with van der Waals surface area (Å²) in [5.41, 5.74) is 57.6. The highest BCUT2D eigenvalue weighted by atomic mass is 16.7. The lowest BCUT2D eigenvalue weighted by atomic mass is 9.84. The number of hydrogen-bond donors (Lipinski definition) is 26. The molecule has 3 aliphatic carbocycles. The lowest BCUT2D eigenvalue weighted by Gasteiger charge is -2.48. The first-order valence-electron chi connectivity index (χ1n) is 45.6. The number of Topliss-reactive ketones (excluding diaryl/α,β-unsaturated/α-hetero) is 1. The van der Waals surface area contributed by atoms with E-state index in [1.807, 2.05) is 115 Å². The number of para-hydroxylation sites is 2. The van der Waals surface area contributed by atoms with E-state index in [2.05, 4.69) is 51.9 Å². The molecule has 740 valence electrons. The standard InChI is InChI=1S/C91H120N20O26/c92-30-62-70(115)74(119)76(121)89(130-62)136-82-53(96)28-51(94)80(78(82)123)134-87-72(117)66(98)68(113)64(132-87)36-110-34-42(106-108-110)26-59(85(126)102-57(61(112)23-22-39-12-2-1-3-13-39)24-40-32-100-55-20-10-8-14-44(40)55)104-86(127)60(103-84(125)58(25-41-33-101-56-21-11-9-15-45(41)56)105-91(128)129-38-50-48-18-6-4-16-46(48)47-17-5-7-19-49(47)50)27-43-35-111(109-107-43)37-65-69(114)67(99)73(118)88(133-65)135-81-52(95)29-54(97)83(79(81)124)137-90-77(122)75(120)71(116)63(31-93)131-90/h1-21,32-35,50-54,57-60,62-83,87-90,100-101,113-124H,22-31,36-38,92-99H2,(H,102,126)(H,103,125)(H,104,127)(H,105,128)/t51-,52-,53+,54+,57?,58?,59?,60?,62+,63+,64+,65+,66-,67-,68+,69+,70+,71+,72+,73+,74-,75-,76+,77+,78-,79-,80+,81+,82-,83-,87+,88+,89+,90+/m0/s1. The summed E-state index contributed by atoms with van der Waals surface area (Å²) >= 11 is 0. The van der Waals surface area contributed by atoms with Gasteiger partial charge < -0.3 is 181 Å². The van der Waals surface area contributed by atoms with Crippen molar-refractivity contribution in [2.75, 3.05) is 19.7 Å². The van der Waals surface area contributed by atoms with Gasteiger partial charge in [0.2, 0.25) is 17.7 Å². The van der Waals surface area contributed by atoms with Crippen molar-refractivity contribution in [3.8, 4) is 11.1 Å². The normalized spacial score (nSPS) is 33.2. The smallest absolute Gasteiger partial charge is 0.407 e. The molecule has 34 atom stereocenters. The van der Waals surface area contributed by atoms with Crippen LogP contribution in [0.1, 0.15) is 64.4 Å². The van der Waals surface area contributed by atoms with Gasteiger partial charge in [-0.1, -0.05) is 126 Å². The highest BCUT2D eigenvalue weighted by Crippen LogP contribution is 2.45. The molecule has 16 rings (SSSR count). The predicted molar refractivity (Wildman–Crippen MR) is 480 cm³/mol. The van der Waals surface area contributed by atoms with Gasteiger partial charge in [0.1, 0.15) is 135 Å². The zero-order valence-corrected chi connectivity index (χ0v) is 74.2. The van der Waals surface area contributed by atoms with E-state index in [-0.39, 0.29) is 69.6 Å². The number of nitrogens with two attached hydrogens (primary N) is 8. The van der Waals surface area contributed by atoms with Crippen LogP contribution >= 0.6 is 0 Å². The summed E-state index contributed by atoms with van der Waals surface area (Å²) in [6.07, 6.45) is -35.3. The number of aliphatic hydroxyl groups is 12. The van der Waals surface area contributed by atoms with Crippen molar-refractivity contribution in [1.82, 2.24) is 61.2 Å². The number of ether oxygens (including phenoxy) is 9. The van der Waals surface area contributed by atoms with E-state index in [4.69, 9.17) is 88.5 Å². The molecule has 4 aliphatic heterocycles. The molecule has 4 saturated heterocycles. The molecular formula is C91H120N20O26. The van der Waals surface area contributed by atoms with Gasteiger partial charge in [0.15, 0.2) is 30.9 Å². The van der Waals surface area contributed by atoms with Gasteiger partial charge in [-0.25, -0.2) is 14.2 Å². The molecule has 0 bridgehead atoms. The topological polar surface area (TPSA) is 760 Å². The van der Waals surface area contributed by atoms with Crippen LogP contribution in [0.3, 0.4) is 0 Å². The summed E-state index contributed by atoms with van der Waals surface area (Å²) in [4.78, 5) is 84.0. The summed E-state index contributed by atoms with van der Waals surface area (Å²) in [6.45, 7) is -1.63. The number of rotatable bonds is 35. The summed E-state index contributed by atoms with van der Waals surface area (Å²) < 4.78 is 56.6. The Bertz CT molecular complexity index is 5540. The number of aromatic amines is 2. The lowest BCUT2D eigenvalue weighted by molar-refractivity contribution is -0.331. The van der Waals surface area contributed by atoms with Crippen molar-refractivity contribution < 1.29 is 128 Å². The number of hydrogen-bond acceptors (Lipinski definition) is 38. The van der Waals surface area contributed by atoms with Crippen LogP contribution in [0.2, 0.25) is 0 Å². The molecule has 6 fully saturated rings. The van der Waals surface area contributed by atoms with Crippen LogP contribution in [0.15, 0.2) is 152 Å². The van der Waals surface area contributed by atoms with Crippen LogP contribution in [-0.4, -0.2) is 358 Å². The number of carbonyl (C=O) groups excluding carboxylic acids is 5. The minimum atomic E-state index is -1.84. The van der Waals surface area contributed by atoms with Gasteiger partial charge in [0, 0.05) is 122 Å². The molecule has 4 unspecified atom stereocenters. The Morgan fingerprint density at radius 2 is 0.788 bits per heavy atom. The van der Waals surface area contributed by atoms with Crippen molar-refractivity contribution in [3.05, 3.63) is 191 Å². The van der Waals surface area contributed by atoms with Crippen LogP contribution < -0.4 is 67.1 Å². The quantitative estimate of drug-likeness (QED) is 0.0175. The Kier molecular flexibility index (Phi) is 31.7. The third-order valence-corrected chi connectivity index (χ3v) is 27.0. The van der Waals surface area contributed by atoms with Crippen molar-refractivity contribution >= 4 is 51.4 Å². The van der Waals surface area contributed by atoms with Crippen molar-refractivity contribution in [2.24, 2.45) is 45.9 Å². The molecule has 9 aromatic rings. The maximum absolute atomic E-state index is 16.2. The largest absolute Gasteiger partial charge is 0.449 e. The second-order valence-corrected chi connectivity index (χ2v) is 36.3. The first-order valence-corrected chi connectivity index (χ1v) is 45.6. The van der Waals surface area contributed by atoms with E-state index < -0.39 is 269 Å². The van der Waals surface area contributed by atoms with Crippen LogP contribution in [0, 0.1) is 0 Å². The van der Waals surface area contributed by atoms with E-state index in [9.17, 15) is 66.1 Å². The van der Waals surface area contributed by atoms with Gasteiger partial charge in [-0.05, 0) is 70.3 Å². The Hall–Kier alpha value is -10.3. The summed E-state index contributed by atoms with van der Waals surface area (Å²) in [6, 6.07) is 25.3. The molecular weight excluding hydrogens is 1790 g/mol. The molecule has 4 aromatic heterocycles. The maximum atomic E-state index is 16.2. The van der Waals surface area contributed by atoms with Crippen molar-refractivity contribution in [2.45, 2.75) is 278 Å². The third-order valence-electron chi connectivity index (χ3n) is 27.0. The molecule has 5 aromatic carbocycles. The van der Waals surface area contributed by atoms with Gasteiger partial charge in [-0.2, -0.15) is 0 Å². The molecule has 7 aliphatic rings. The molecule has 4 amide bonds. The first-order chi connectivity index (χ1) is 65.8. The molecule has 0 radical (unpaired) electrons. The predicted octanol–water partition coefficient (Wildman–Crippen LogP) is -7.87. The zero-order valence-electron chi connectivity index (χ0n) is 74.2. The molecule has 46 heteroatoms. The average molecular weight is 1910 g/mol. The molecule has 0 spiro atoms. The Labute approximate surface area is 783 Å². The number of aliphatic hydroxyl groups excluding tert-OH is 12. The monoisotopic (exact) mass is 1910 g/mol. The second kappa shape index (κ2) is 43.6. The molecule has 137 heavy (non-hydrogen) atoms. The molecule has 46 nitrogen and oxygen atoms in total. The number of nitrogens with one attached hydrogen (secondary N) is 6. The summed E-state index contributed by atoms with van der Waals surface area (Å²) in [5.74, 6) is -3.83. The number of alkyl carbamates (subject to hydrolysis) is 1. The fraction of sp³-hybridized carbons (Fsp3) is 0.527. The number of nitrogens with zero attached hydrogens (tertiary/aromatic N) is 6. The van der Waals surface area contributed by atoms with Gasteiger partial charge in [0.25, 0.3) is 0 Å². The highest BCUT2D eigenvalue weighted by Gasteiger charge is 2.55. The molecule has 34 N–H and O–H groups in total.